The summed E-state index contributed by atoms with van der Waals surface area (Å²) in [4.78, 5) is 30.6. The molecule has 2 aliphatic rings. The van der Waals surface area contributed by atoms with Crippen LogP contribution in [0.3, 0.4) is 0 Å². The highest BCUT2D eigenvalue weighted by Gasteiger charge is 2.58. The maximum Gasteiger partial charge on any atom is 0.251 e. The number of ether oxygens (including phenoxy) is 3. The maximum atomic E-state index is 12.3. The molecular weight excluding hydrogens is 380 g/mol. The third-order valence-electron chi connectivity index (χ3n) is 4.67. The number of rotatable bonds is 5. The number of nitrogens with one attached hydrogen (secondary N) is 2. The van der Waals surface area contributed by atoms with Crippen LogP contribution in [0.1, 0.15) is 32.8 Å². The van der Waals surface area contributed by atoms with Gasteiger partial charge < -0.3 is 19.5 Å². The number of carbonyl (C=O) groups is 1. The molecule has 2 aromatic heterocycles. The molecule has 2 aliphatic heterocycles. The number of hydrogen-bond donors (Lipinski definition) is 2. The molecule has 4 rings (SSSR count). The van der Waals surface area contributed by atoms with E-state index in [1.54, 1.807) is 31.8 Å². The summed E-state index contributed by atoms with van der Waals surface area (Å²) in [6, 6.07) is 0. The second kappa shape index (κ2) is 7.23. The SMILES string of the molecule is C#Cc1nc(NOCC)c2ncn([C@@H]3O[C@H](C(=O)NC)[C@H]4OC(C)(C)O[C@H]43)c2n1. The first-order valence-corrected chi connectivity index (χ1v) is 9.20. The molecule has 0 radical (unpaired) electrons. The fourth-order valence-electron chi connectivity index (χ4n) is 3.53. The third-order valence-corrected chi connectivity index (χ3v) is 4.67. The number of amides is 1. The fourth-order valence-corrected chi connectivity index (χ4v) is 3.53. The Hall–Kier alpha value is -2.78. The van der Waals surface area contributed by atoms with Crippen molar-refractivity contribution in [3.63, 3.8) is 0 Å². The number of carbonyl (C=O) groups excluding carboxylic acids is 1. The van der Waals surface area contributed by atoms with Gasteiger partial charge in [0.25, 0.3) is 5.91 Å². The average Bonchev–Trinajstić information content (AvgIpc) is 3.35. The first-order valence-electron chi connectivity index (χ1n) is 9.20. The topological polar surface area (TPSA) is 122 Å². The molecule has 0 aliphatic carbocycles. The zero-order chi connectivity index (χ0) is 20.8. The maximum absolute atomic E-state index is 12.3. The normalized spacial score (nSPS) is 27.6. The van der Waals surface area contributed by atoms with Crippen molar-refractivity contribution in [1.29, 1.82) is 0 Å². The van der Waals surface area contributed by atoms with E-state index in [2.05, 4.69) is 31.7 Å². The first kappa shape index (κ1) is 19.5. The Morgan fingerprint density at radius 3 is 2.83 bits per heavy atom. The van der Waals surface area contributed by atoms with E-state index >= 15 is 0 Å². The third kappa shape index (κ3) is 3.30. The molecule has 2 fully saturated rings. The van der Waals surface area contributed by atoms with Gasteiger partial charge in [-0.25, -0.2) is 15.4 Å². The molecule has 2 aromatic rings. The molecule has 2 N–H and O–H groups in total. The molecule has 0 aromatic carbocycles. The predicted octanol–water partition coefficient (Wildman–Crippen LogP) is 0.335. The molecular formula is C18H22N6O5. The highest BCUT2D eigenvalue weighted by atomic mass is 16.8. The fraction of sp³-hybridized carbons (Fsp3) is 0.556. The second-order valence-electron chi connectivity index (χ2n) is 7.03. The summed E-state index contributed by atoms with van der Waals surface area (Å²) >= 11 is 0. The lowest BCUT2D eigenvalue weighted by Crippen LogP contribution is -2.41. The molecule has 4 atom stereocenters. The highest BCUT2D eigenvalue weighted by molar-refractivity contribution is 5.83. The van der Waals surface area contributed by atoms with Gasteiger partial charge in [-0.3, -0.25) is 14.2 Å². The van der Waals surface area contributed by atoms with Crippen molar-refractivity contribution >= 4 is 22.9 Å². The zero-order valence-corrected chi connectivity index (χ0v) is 16.5. The van der Waals surface area contributed by atoms with E-state index in [-0.39, 0.29) is 11.7 Å². The summed E-state index contributed by atoms with van der Waals surface area (Å²) < 4.78 is 19.7. The van der Waals surface area contributed by atoms with Crippen LogP contribution in [0, 0.1) is 12.3 Å². The summed E-state index contributed by atoms with van der Waals surface area (Å²) in [6.07, 6.45) is 4.38. The number of hydrogen-bond acceptors (Lipinski definition) is 9. The molecule has 11 heteroatoms. The van der Waals surface area contributed by atoms with Gasteiger partial charge in [-0.1, -0.05) is 0 Å². The van der Waals surface area contributed by atoms with Crippen LogP contribution in [0.2, 0.25) is 0 Å². The van der Waals surface area contributed by atoms with E-state index in [9.17, 15) is 4.79 Å². The van der Waals surface area contributed by atoms with Gasteiger partial charge in [-0.2, -0.15) is 4.98 Å². The van der Waals surface area contributed by atoms with Crippen molar-refractivity contribution < 1.29 is 23.8 Å². The van der Waals surface area contributed by atoms with Crippen molar-refractivity contribution in [2.45, 2.75) is 51.1 Å². The van der Waals surface area contributed by atoms with Crippen LogP contribution in [0.4, 0.5) is 5.82 Å². The van der Waals surface area contributed by atoms with Crippen molar-refractivity contribution in [3.05, 3.63) is 12.2 Å². The van der Waals surface area contributed by atoms with Gasteiger partial charge in [0.15, 0.2) is 35.1 Å². The lowest BCUT2D eigenvalue weighted by Gasteiger charge is -2.24. The number of imidazole rings is 1. The molecule has 0 saturated carbocycles. The van der Waals surface area contributed by atoms with Crippen molar-refractivity contribution in [2.75, 3.05) is 19.1 Å². The predicted molar refractivity (Wildman–Crippen MR) is 100 cm³/mol. The van der Waals surface area contributed by atoms with Crippen molar-refractivity contribution in [2.24, 2.45) is 0 Å². The van der Waals surface area contributed by atoms with E-state index in [1.807, 2.05) is 6.92 Å². The van der Waals surface area contributed by atoms with Crippen LogP contribution in [0.25, 0.3) is 11.2 Å². The largest absolute Gasteiger partial charge is 0.357 e. The van der Waals surface area contributed by atoms with Gasteiger partial charge in [0.05, 0.1) is 12.9 Å². The van der Waals surface area contributed by atoms with Gasteiger partial charge in [0.2, 0.25) is 5.82 Å². The number of fused-ring (bicyclic) bond motifs is 2. The molecule has 1 amide bonds. The highest BCUT2D eigenvalue weighted by Crippen LogP contribution is 2.44. The smallest absolute Gasteiger partial charge is 0.251 e. The number of nitrogens with zero attached hydrogens (tertiary/aromatic N) is 4. The molecule has 2 saturated heterocycles. The summed E-state index contributed by atoms with van der Waals surface area (Å²) in [5.74, 6) is 1.75. The van der Waals surface area contributed by atoms with Crippen LogP contribution in [-0.2, 0) is 23.8 Å². The second-order valence-corrected chi connectivity index (χ2v) is 7.03. The standard InChI is InChI=1S/C18H22N6O5/c1-6-9-21-14(23-26-7-2)10-15(22-9)24(8-20-10)17-13-11(28-18(3,4)29-13)12(27-17)16(25)19-5/h1,8,11-13,17H,7H2,2-5H3,(H,19,25)(H,21,22,23)/t11-,12+,13-,17-/m1/s1. The Morgan fingerprint density at radius 2 is 2.14 bits per heavy atom. The van der Waals surface area contributed by atoms with Gasteiger partial charge in [-0.15, -0.1) is 6.42 Å². The van der Waals surface area contributed by atoms with Gasteiger partial charge in [0, 0.05) is 7.05 Å². The number of anilines is 1. The number of aromatic nitrogens is 4. The Morgan fingerprint density at radius 1 is 1.38 bits per heavy atom. The minimum atomic E-state index is -0.860. The van der Waals surface area contributed by atoms with Crippen LogP contribution in [0.5, 0.6) is 0 Å². The van der Waals surface area contributed by atoms with E-state index in [1.165, 1.54) is 0 Å². The quantitative estimate of drug-likeness (QED) is 0.538. The van der Waals surface area contributed by atoms with E-state index in [4.69, 9.17) is 25.5 Å². The van der Waals surface area contributed by atoms with Crippen LogP contribution in [-0.4, -0.2) is 63.2 Å². The average molecular weight is 402 g/mol. The molecule has 154 valence electrons. The summed E-state index contributed by atoms with van der Waals surface area (Å²) in [5, 5.41) is 2.60. The Labute approximate surface area is 167 Å². The number of terminal acetylenes is 1. The van der Waals surface area contributed by atoms with E-state index < -0.39 is 30.3 Å². The minimum Gasteiger partial charge on any atom is -0.357 e. The monoisotopic (exact) mass is 402 g/mol. The van der Waals surface area contributed by atoms with Crippen LogP contribution >= 0.6 is 0 Å². The van der Waals surface area contributed by atoms with Crippen LogP contribution < -0.4 is 10.8 Å². The van der Waals surface area contributed by atoms with E-state index in [0.717, 1.165) is 0 Å². The van der Waals surface area contributed by atoms with Gasteiger partial charge >= 0.3 is 0 Å². The molecule has 0 bridgehead atoms. The molecule has 29 heavy (non-hydrogen) atoms. The lowest BCUT2D eigenvalue weighted by molar-refractivity contribution is -0.197. The van der Waals surface area contributed by atoms with E-state index in [0.29, 0.717) is 23.6 Å². The summed E-state index contributed by atoms with van der Waals surface area (Å²) in [7, 11) is 1.54. The minimum absolute atomic E-state index is 0.155. The summed E-state index contributed by atoms with van der Waals surface area (Å²) in [5.41, 5.74) is 3.59. The molecule has 11 nitrogen and oxygen atoms in total. The lowest BCUT2D eigenvalue weighted by atomic mass is 10.1. The van der Waals surface area contributed by atoms with Crippen molar-refractivity contribution in [1.82, 2.24) is 24.8 Å². The zero-order valence-electron chi connectivity index (χ0n) is 16.5. The summed E-state index contributed by atoms with van der Waals surface area (Å²) in [6.45, 7) is 5.83. The number of likely N-dealkylation sites (N-methyl/N-ethyl adjacent to an activating group) is 1. The molecule has 4 heterocycles. The molecule has 0 spiro atoms. The Balaban J connectivity index is 1.78. The van der Waals surface area contributed by atoms with Crippen molar-refractivity contribution in [3.8, 4) is 12.3 Å². The van der Waals surface area contributed by atoms with Gasteiger partial charge in [0.1, 0.15) is 12.2 Å². The van der Waals surface area contributed by atoms with Crippen LogP contribution in [0.15, 0.2) is 6.33 Å². The Bertz CT molecular complexity index is 983. The van der Waals surface area contributed by atoms with Gasteiger partial charge in [-0.05, 0) is 26.7 Å². The molecule has 0 unspecified atom stereocenters. The Kier molecular flexibility index (Phi) is 4.87. The first-order chi connectivity index (χ1) is 13.9.